The Morgan fingerprint density at radius 3 is 2.53 bits per heavy atom. The maximum absolute atomic E-state index is 5.97. The first kappa shape index (κ1) is 13.9. The molecule has 0 aliphatic rings. The van der Waals surface area contributed by atoms with E-state index in [1.165, 1.54) is 22.0 Å². The van der Waals surface area contributed by atoms with Crippen LogP contribution >= 0.6 is 0 Å². The van der Waals surface area contributed by atoms with Crippen molar-refractivity contribution in [3.05, 3.63) is 29.5 Å². The summed E-state index contributed by atoms with van der Waals surface area (Å²) in [5.74, 6) is 1.83. The molecule has 0 bridgehead atoms. The Balaban J connectivity index is 2.71. The number of aromatic nitrogens is 1. The standard InChI is InChI=1S/C16H24N2O/c1-10(2)14(8-17)15-9-18(4)16-11(3)6-12(19-5)7-13(15)16/h6-7,9-10,14H,8,17H2,1-5H3. The Hall–Kier alpha value is -1.48. The van der Waals surface area contributed by atoms with Gasteiger partial charge in [0, 0.05) is 24.5 Å². The van der Waals surface area contributed by atoms with Gasteiger partial charge in [-0.3, -0.25) is 0 Å². The fraction of sp³-hybridized carbons (Fsp3) is 0.500. The molecule has 2 N–H and O–H groups in total. The van der Waals surface area contributed by atoms with Crippen LogP contribution in [0.2, 0.25) is 0 Å². The van der Waals surface area contributed by atoms with Gasteiger partial charge in [-0.05, 0) is 42.6 Å². The van der Waals surface area contributed by atoms with Crippen molar-refractivity contribution in [2.45, 2.75) is 26.7 Å². The molecule has 1 aromatic carbocycles. The number of nitrogens with zero attached hydrogens (tertiary/aromatic N) is 1. The van der Waals surface area contributed by atoms with Crippen molar-refractivity contribution in [2.75, 3.05) is 13.7 Å². The lowest BCUT2D eigenvalue weighted by atomic mass is 9.88. The van der Waals surface area contributed by atoms with Crippen molar-refractivity contribution in [2.24, 2.45) is 18.7 Å². The van der Waals surface area contributed by atoms with E-state index in [-0.39, 0.29) is 0 Å². The molecule has 3 nitrogen and oxygen atoms in total. The summed E-state index contributed by atoms with van der Waals surface area (Å²) in [5, 5.41) is 1.27. The smallest absolute Gasteiger partial charge is 0.119 e. The number of aryl methyl sites for hydroxylation is 2. The van der Waals surface area contributed by atoms with E-state index >= 15 is 0 Å². The summed E-state index contributed by atoms with van der Waals surface area (Å²) in [7, 11) is 3.81. The lowest BCUT2D eigenvalue weighted by Gasteiger charge is -2.18. The van der Waals surface area contributed by atoms with Gasteiger partial charge in [0.25, 0.3) is 0 Å². The van der Waals surface area contributed by atoms with Crippen LogP contribution in [0.5, 0.6) is 5.75 Å². The maximum atomic E-state index is 5.97. The number of rotatable bonds is 4. The van der Waals surface area contributed by atoms with Gasteiger partial charge in [-0.1, -0.05) is 13.8 Å². The van der Waals surface area contributed by atoms with Crippen LogP contribution in [0.25, 0.3) is 10.9 Å². The molecule has 0 fully saturated rings. The van der Waals surface area contributed by atoms with E-state index in [0.717, 1.165) is 5.75 Å². The molecule has 0 saturated carbocycles. The van der Waals surface area contributed by atoms with E-state index < -0.39 is 0 Å². The quantitative estimate of drug-likeness (QED) is 0.917. The predicted molar refractivity (Wildman–Crippen MR) is 80.8 cm³/mol. The Morgan fingerprint density at radius 1 is 1.32 bits per heavy atom. The molecule has 0 aliphatic heterocycles. The molecule has 1 atom stereocenters. The van der Waals surface area contributed by atoms with Crippen LogP contribution in [0.15, 0.2) is 18.3 Å². The first-order valence-corrected chi connectivity index (χ1v) is 6.83. The highest BCUT2D eigenvalue weighted by atomic mass is 16.5. The highest BCUT2D eigenvalue weighted by molar-refractivity contribution is 5.88. The van der Waals surface area contributed by atoms with Crippen molar-refractivity contribution in [1.82, 2.24) is 4.57 Å². The fourth-order valence-electron chi connectivity index (χ4n) is 2.95. The molecular formula is C16H24N2O. The molecule has 0 spiro atoms. The third-order valence-corrected chi connectivity index (χ3v) is 3.96. The van der Waals surface area contributed by atoms with E-state index in [1.807, 2.05) is 0 Å². The third-order valence-electron chi connectivity index (χ3n) is 3.96. The topological polar surface area (TPSA) is 40.2 Å². The van der Waals surface area contributed by atoms with E-state index in [9.17, 15) is 0 Å². The minimum absolute atomic E-state index is 0.384. The van der Waals surface area contributed by atoms with Gasteiger partial charge in [-0.25, -0.2) is 0 Å². The summed E-state index contributed by atoms with van der Waals surface area (Å²) < 4.78 is 7.60. The van der Waals surface area contributed by atoms with Crippen molar-refractivity contribution < 1.29 is 4.74 Å². The number of nitrogens with two attached hydrogens (primary N) is 1. The third kappa shape index (κ3) is 2.35. The predicted octanol–water partition coefficient (Wildman–Crippen LogP) is 3.19. The molecule has 0 aliphatic carbocycles. The SMILES string of the molecule is COc1cc(C)c2c(c1)c(C(CN)C(C)C)cn2C. The Bertz CT molecular complexity index is 584. The van der Waals surface area contributed by atoms with Gasteiger partial charge < -0.3 is 15.0 Å². The van der Waals surface area contributed by atoms with Gasteiger partial charge in [0.15, 0.2) is 0 Å². The Morgan fingerprint density at radius 2 is 2.00 bits per heavy atom. The maximum Gasteiger partial charge on any atom is 0.119 e. The van der Waals surface area contributed by atoms with Crippen LogP contribution in [0.1, 0.15) is 30.9 Å². The minimum atomic E-state index is 0.384. The van der Waals surface area contributed by atoms with E-state index in [4.69, 9.17) is 10.5 Å². The summed E-state index contributed by atoms with van der Waals surface area (Å²) in [6, 6.07) is 4.21. The normalized spacial score (nSPS) is 13.2. The van der Waals surface area contributed by atoms with Crippen LogP contribution in [0, 0.1) is 12.8 Å². The van der Waals surface area contributed by atoms with Crippen molar-refractivity contribution >= 4 is 10.9 Å². The molecule has 1 heterocycles. The highest BCUT2D eigenvalue weighted by Gasteiger charge is 2.20. The molecule has 2 aromatic rings. The van der Waals surface area contributed by atoms with Crippen LogP contribution in [0.3, 0.4) is 0 Å². The lowest BCUT2D eigenvalue weighted by Crippen LogP contribution is -2.17. The summed E-state index contributed by atoms with van der Waals surface area (Å²) in [5.41, 5.74) is 9.82. The van der Waals surface area contributed by atoms with Gasteiger partial charge in [-0.2, -0.15) is 0 Å². The van der Waals surface area contributed by atoms with Crippen LogP contribution in [-0.4, -0.2) is 18.2 Å². The number of methoxy groups -OCH3 is 1. The summed E-state index contributed by atoms with van der Waals surface area (Å²) in [6.45, 7) is 7.25. The average Bonchev–Trinajstić information content (AvgIpc) is 2.67. The molecule has 0 radical (unpaired) electrons. The van der Waals surface area contributed by atoms with E-state index in [2.05, 4.69) is 50.7 Å². The average molecular weight is 260 g/mol. The van der Waals surface area contributed by atoms with Crippen LogP contribution in [0.4, 0.5) is 0 Å². The van der Waals surface area contributed by atoms with Crippen molar-refractivity contribution in [1.29, 1.82) is 0 Å². The van der Waals surface area contributed by atoms with E-state index in [0.29, 0.717) is 18.4 Å². The minimum Gasteiger partial charge on any atom is -0.497 e. The van der Waals surface area contributed by atoms with Crippen LogP contribution < -0.4 is 10.5 Å². The van der Waals surface area contributed by atoms with Gasteiger partial charge in [0.1, 0.15) is 5.75 Å². The van der Waals surface area contributed by atoms with Crippen LogP contribution in [-0.2, 0) is 7.05 Å². The van der Waals surface area contributed by atoms with Crippen molar-refractivity contribution in [3.63, 3.8) is 0 Å². The second-order valence-corrected chi connectivity index (χ2v) is 5.62. The molecule has 0 saturated heterocycles. The first-order chi connectivity index (χ1) is 8.99. The number of hydrogen-bond donors (Lipinski definition) is 1. The second kappa shape index (κ2) is 5.25. The van der Waals surface area contributed by atoms with E-state index in [1.54, 1.807) is 7.11 Å². The summed E-state index contributed by atoms with van der Waals surface area (Å²) in [6.07, 6.45) is 2.22. The van der Waals surface area contributed by atoms with Gasteiger partial charge in [-0.15, -0.1) is 0 Å². The molecule has 1 unspecified atom stereocenters. The Labute approximate surface area is 115 Å². The molecule has 0 amide bonds. The first-order valence-electron chi connectivity index (χ1n) is 6.83. The molecule has 2 rings (SSSR count). The molecule has 104 valence electrons. The highest BCUT2D eigenvalue weighted by Crippen LogP contribution is 2.35. The zero-order valence-corrected chi connectivity index (χ0v) is 12.5. The number of benzene rings is 1. The van der Waals surface area contributed by atoms with Gasteiger partial charge in [0.2, 0.25) is 0 Å². The zero-order valence-electron chi connectivity index (χ0n) is 12.5. The van der Waals surface area contributed by atoms with Gasteiger partial charge >= 0.3 is 0 Å². The van der Waals surface area contributed by atoms with Gasteiger partial charge in [0.05, 0.1) is 12.6 Å². The lowest BCUT2D eigenvalue weighted by molar-refractivity contribution is 0.415. The zero-order chi connectivity index (χ0) is 14.2. The summed E-state index contributed by atoms with van der Waals surface area (Å²) >= 11 is 0. The number of fused-ring (bicyclic) bond motifs is 1. The van der Waals surface area contributed by atoms with Crippen molar-refractivity contribution in [3.8, 4) is 5.75 Å². The molecule has 19 heavy (non-hydrogen) atoms. The Kier molecular flexibility index (Phi) is 3.85. The molecule has 3 heteroatoms. The second-order valence-electron chi connectivity index (χ2n) is 5.62. The monoisotopic (exact) mass is 260 g/mol. The number of ether oxygens (including phenoxy) is 1. The number of hydrogen-bond acceptors (Lipinski definition) is 2. The largest absolute Gasteiger partial charge is 0.497 e. The summed E-state index contributed by atoms with van der Waals surface area (Å²) in [4.78, 5) is 0. The molecule has 1 aromatic heterocycles. The molecular weight excluding hydrogens is 236 g/mol. The fourth-order valence-corrected chi connectivity index (χ4v) is 2.95.